The highest BCUT2D eigenvalue weighted by molar-refractivity contribution is 5.78. The van der Waals surface area contributed by atoms with Gasteiger partial charge in [-0.25, -0.2) is 0 Å². The molecule has 2 atom stereocenters. The molecular formula is C21H39N5O4. The zero-order chi connectivity index (χ0) is 21.9. The zero-order valence-electron chi connectivity index (χ0n) is 18.6. The number of piperazine rings is 1. The van der Waals surface area contributed by atoms with Crippen molar-refractivity contribution in [1.29, 1.82) is 0 Å². The topological polar surface area (TPSA) is 105 Å². The maximum absolute atomic E-state index is 12.4. The standard InChI is InChI=1S/C21H39N5O4/c1-17-7-8-18(15-25-13-11-24(2)12-14-25)26(17)16-20(28)23-9-3-5-19(27)22-10-4-6-21(29)30/h17-18H,3-16H2,1-2H3,(H,22,27)(H,23,28)(H,29,30)/t17-,18?/m1/s1. The lowest BCUT2D eigenvalue weighted by Gasteiger charge is -2.36. The van der Waals surface area contributed by atoms with Crippen molar-refractivity contribution in [2.45, 2.75) is 57.5 Å². The van der Waals surface area contributed by atoms with Gasteiger partial charge in [-0.1, -0.05) is 0 Å². The molecule has 0 saturated carbocycles. The van der Waals surface area contributed by atoms with Gasteiger partial charge in [0.1, 0.15) is 0 Å². The number of likely N-dealkylation sites (tertiary alicyclic amines) is 1. The number of carboxylic acid groups (broad SMARTS) is 1. The molecule has 3 N–H and O–H groups in total. The van der Waals surface area contributed by atoms with Gasteiger partial charge in [0.25, 0.3) is 0 Å². The van der Waals surface area contributed by atoms with Crippen LogP contribution in [0.2, 0.25) is 0 Å². The largest absolute Gasteiger partial charge is 0.481 e. The van der Waals surface area contributed by atoms with E-state index in [0.29, 0.717) is 51.0 Å². The van der Waals surface area contributed by atoms with Crippen LogP contribution in [0, 0.1) is 0 Å². The molecule has 2 aliphatic rings. The summed E-state index contributed by atoms with van der Waals surface area (Å²) >= 11 is 0. The monoisotopic (exact) mass is 425 g/mol. The van der Waals surface area contributed by atoms with Crippen LogP contribution < -0.4 is 10.6 Å². The van der Waals surface area contributed by atoms with Crippen molar-refractivity contribution >= 4 is 17.8 Å². The van der Waals surface area contributed by atoms with Gasteiger partial charge in [0, 0.05) is 70.7 Å². The van der Waals surface area contributed by atoms with E-state index in [1.54, 1.807) is 0 Å². The molecule has 2 aliphatic heterocycles. The Balaban J connectivity index is 1.60. The Kier molecular flexibility index (Phi) is 10.5. The fourth-order valence-electron chi connectivity index (χ4n) is 4.19. The first-order valence-corrected chi connectivity index (χ1v) is 11.3. The molecule has 2 heterocycles. The maximum Gasteiger partial charge on any atom is 0.303 e. The molecular weight excluding hydrogens is 386 g/mol. The van der Waals surface area contributed by atoms with Crippen LogP contribution in [0.5, 0.6) is 0 Å². The molecule has 9 nitrogen and oxygen atoms in total. The SMILES string of the molecule is C[C@@H]1CCC(CN2CCN(C)CC2)N1CC(=O)NCCCC(=O)NCCCC(=O)O. The minimum absolute atomic E-state index is 0.0222. The number of nitrogens with one attached hydrogen (secondary N) is 2. The fraction of sp³-hybridized carbons (Fsp3) is 0.857. The summed E-state index contributed by atoms with van der Waals surface area (Å²) in [5, 5.41) is 14.2. The molecule has 0 aliphatic carbocycles. The third-order valence-electron chi connectivity index (χ3n) is 6.14. The Bertz CT molecular complexity index is 566. The lowest BCUT2D eigenvalue weighted by molar-refractivity contribution is -0.137. The van der Waals surface area contributed by atoms with Crippen LogP contribution in [0.4, 0.5) is 0 Å². The van der Waals surface area contributed by atoms with Crippen LogP contribution >= 0.6 is 0 Å². The number of likely N-dealkylation sites (N-methyl/N-ethyl adjacent to an activating group) is 1. The van der Waals surface area contributed by atoms with E-state index in [0.717, 1.165) is 45.6 Å². The molecule has 9 heteroatoms. The third-order valence-corrected chi connectivity index (χ3v) is 6.14. The number of hydrogen-bond donors (Lipinski definition) is 3. The number of aliphatic carboxylic acids is 1. The summed E-state index contributed by atoms with van der Waals surface area (Å²) in [4.78, 5) is 41.8. The lowest BCUT2D eigenvalue weighted by atomic mass is 10.2. The number of amides is 2. The van der Waals surface area contributed by atoms with E-state index in [9.17, 15) is 14.4 Å². The quantitative estimate of drug-likeness (QED) is 0.377. The minimum atomic E-state index is -0.856. The van der Waals surface area contributed by atoms with Crippen molar-refractivity contribution in [3.8, 4) is 0 Å². The van der Waals surface area contributed by atoms with Gasteiger partial charge in [0.2, 0.25) is 11.8 Å². The molecule has 172 valence electrons. The van der Waals surface area contributed by atoms with Crippen LogP contribution in [0.1, 0.15) is 45.4 Å². The van der Waals surface area contributed by atoms with Crippen molar-refractivity contribution in [2.24, 2.45) is 0 Å². The number of carbonyl (C=O) groups excluding carboxylic acids is 2. The number of rotatable bonds is 12. The van der Waals surface area contributed by atoms with Crippen molar-refractivity contribution in [3.05, 3.63) is 0 Å². The first-order valence-electron chi connectivity index (χ1n) is 11.3. The molecule has 0 aromatic heterocycles. The summed E-state index contributed by atoms with van der Waals surface area (Å²) in [6.07, 6.45) is 3.68. The summed E-state index contributed by atoms with van der Waals surface area (Å²) in [6, 6.07) is 0.857. The average molecular weight is 426 g/mol. The van der Waals surface area contributed by atoms with Crippen LogP contribution in [0.25, 0.3) is 0 Å². The predicted octanol–water partition coefficient (Wildman–Crippen LogP) is -0.0359. The van der Waals surface area contributed by atoms with E-state index in [1.165, 1.54) is 0 Å². The molecule has 30 heavy (non-hydrogen) atoms. The number of carboxylic acids is 1. The van der Waals surface area contributed by atoms with Gasteiger partial charge in [0.05, 0.1) is 6.54 Å². The van der Waals surface area contributed by atoms with Gasteiger partial charge >= 0.3 is 5.97 Å². The first kappa shape index (κ1) is 24.6. The van der Waals surface area contributed by atoms with Crippen molar-refractivity contribution in [2.75, 3.05) is 59.4 Å². The van der Waals surface area contributed by atoms with E-state index in [2.05, 4.69) is 39.3 Å². The molecule has 2 rings (SSSR count). The molecule has 2 amide bonds. The van der Waals surface area contributed by atoms with Gasteiger partial charge in [0.15, 0.2) is 0 Å². The van der Waals surface area contributed by atoms with Crippen LogP contribution in [0.15, 0.2) is 0 Å². The molecule has 2 fully saturated rings. The summed E-state index contributed by atoms with van der Waals surface area (Å²) in [5.74, 6) is -0.936. The second kappa shape index (κ2) is 12.9. The fourth-order valence-corrected chi connectivity index (χ4v) is 4.19. The Hall–Kier alpha value is -1.71. The highest BCUT2D eigenvalue weighted by Gasteiger charge is 2.33. The maximum atomic E-state index is 12.4. The number of nitrogens with zero attached hydrogens (tertiary/aromatic N) is 3. The molecule has 2 saturated heterocycles. The summed E-state index contributed by atoms with van der Waals surface area (Å²) in [6.45, 7) is 8.91. The van der Waals surface area contributed by atoms with Crippen LogP contribution in [-0.4, -0.2) is 109 Å². The average Bonchev–Trinajstić information content (AvgIpc) is 3.03. The Morgan fingerprint density at radius 1 is 0.933 bits per heavy atom. The third kappa shape index (κ3) is 8.97. The Labute approximate surface area is 180 Å². The molecule has 0 aromatic carbocycles. The Morgan fingerprint density at radius 2 is 1.57 bits per heavy atom. The van der Waals surface area contributed by atoms with Gasteiger partial charge in [-0.15, -0.1) is 0 Å². The van der Waals surface area contributed by atoms with E-state index >= 15 is 0 Å². The highest BCUT2D eigenvalue weighted by atomic mass is 16.4. The second-order valence-corrected chi connectivity index (χ2v) is 8.66. The zero-order valence-corrected chi connectivity index (χ0v) is 18.6. The molecule has 1 unspecified atom stereocenters. The van der Waals surface area contributed by atoms with E-state index in [1.807, 2.05) is 0 Å². The minimum Gasteiger partial charge on any atom is -0.481 e. The van der Waals surface area contributed by atoms with Crippen molar-refractivity contribution < 1.29 is 19.5 Å². The smallest absolute Gasteiger partial charge is 0.303 e. The number of hydrogen-bond acceptors (Lipinski definition) is 6. The Morgan fingerprint density at radius 3 is 2.23 bits per heavy atom. The van der Waals surface area contributed by atoms with Gasteiger partial charge in [-0.2, -0.15) is 0 Å². The van der Waals surface area contributed by atoms with E-state index in [-0.39, 0.29) is 18.2 Å². The van der Waals surface area contributed by atoms with Gasteiger partial charge in [-0.05, 0) is 39.7 Å². The van der Waals surface area contributed by atoms with Crippen molar-refractivity contribution in [1.82, 2.24) is 25.3 Å². The summed E-state index contributed by atoms with van der Waals surface area (Å²) in [5.41, 5.74) is 0. The first-order chi connectivity index (χ1) is 14.3. The highest BCUT2D eigenvalue weighted by Crippen LogP contribution is 2.24. The van der Waals surface area contributed by atoms with E-state index < -0.39 is 5.97 Å². The van der Waals surface area contributed by atoms with Crippen LogP contribution in [-0.2, 0) is 14.4 Å². The lowest BCUT2D eigenvalue weighted by Crippen LogP contribution is -2.51. The second-order valence-electron chi connectivity index (χ2n) is 8.66. The van der Waals surface area contributed by atoms with Gasteiger partial charge in [-0.3, -0.25) is 24.2 Å². The van der Waals surface area contributed by atoms with Crippen molar-refractivity contribution in [3.63, 3.8) is 0 Å². The molecule has 0 bridgehead atoms. The summed E-state index contributed by atoms with van der Waals surface area (Å²) < 4.78 is 0. The predicted molar refractivity (Wildman–Crippen MR) is 115 cm³/mol. The normalized spacial score (nSPS) is 23.4. The summed E-state index contributed by atoms with van der Waals surface area (Å²) in [7, 11) is 2.16. The molecule has 0 aromatic rings. The van der Waals surface area contributed by atoms with Gasteiger partial charge < -0.3 is 20.6 Å². The van der Waals surface area contributed by atoms with Crippen LogP contribution in [0.3, 0.4) is 0 Å². The van der Waals surface area contributed by atoms with E-state index in [4.69, 9.17) is 5.11 Å². The molecule has 0 spiro atoms. The number of carbonyl (C=O) groups is 3. The molecule has 0 radical (unpaired) electrons.